The maximum absolute atomic E-state index is 12.9. The second-order valence-electron chi connectivity index (χ2n) is 8.57. The average molecular weight is 572 g/mol. The molecule has 7 heteroatoms. The molecule has 1 aliphatic carbocycles. The van der Waals surface area contributed by atoms with E-state index in [1.807, 2.05) is 17.2 Å². The van der Waals surface area contributed by atoms with E-state index in [0.29, 0.717) is 19.5 Å². The zero-order chi connectivity index (χ0) is 22.9. The molecule has 1 amide bonds. The third-order valence-electron chi connectivity index (χ3n) is 6.47. The van der Waals surface area contributed by atoms with Gasteiger partial charge < -0.3 is 10.1 Å². The maximum atomic E-state index is 12.9. The Morgan fingerprint density at radius 2 is 1.79 bits per heavy atom. The van der Waals surface area contributed by atoms with Crippen molar-refractivity contribution in [1.29, 1.82) is 0 Å². The Morgan fingerprint density at radius 1 is 1.06 bits per heavy atom. The first-order valence-electron chi connectivity index (χ1n) is 11.1. The molecule has 0 unspecified atom stereocenters. The SMILES string of the molecule is O=C(Cc1cc[n+]([O-])cc1)N1CCC(=C2c3ccc(Cl)cc3CCc3cc(I)cnc32)CC1. The number of rotatable bonds is 2. The molecule has 2 aromatic heterocycles. The van der Waals surface area contributed by atoms with E-state index in [4.69, 9.17) is 16.6 Å². The first-order chi connectivity index (χ1) is 16.0. The number of hydrogen-bond acceptors (Lipinski definition) is 3. The fourth-order valence-electron chi connectivity index (χ4n) is 4.79. The van der Waals surface area contributed by atoms with Gasteiger partial charge in [0.25, 0.3) is 0 Å². The summed E-state index contributed by atoms with van der Waals surface area (Å²) < 4.78 is 1.88. The number of carbonyl (C=O) groups excluding carboxylic acids is 1. The van der Waals surface area contributed by atoms with E-state index < -0.39 is 0 Å². The van der Waals surface area contributed by atoms with Gasteiger partial charge in [-0.05, 0) is 88.7 Å². The van der Waals surface area contributed by atoms with Crippen LogP contribution in [0.15, 0.2) is 60.6 Å². The third kappa shape index (κ3) is 4.77. The number of piperidine rings is 1. The molecule has 1 aliphatic heterocycles. The van der Waals surface area contributed by atoms with Crippen LogP contribution in [0.1, 0.15) is 40.8 Å². The molecular formula is C26H23ClIN3O2. The van der Waals surface area contributed by atoms with Crippen LogP contribution in [0.5, 0.6) is 0 Å². The number of pyridine rings is 2. The van der Waals surface area contributed by atoms with E-state index in [9.17, 15) is 10.0 Å². The molecule has 5 rings (SSSR count). The number of hydrogen-bond donors (Lipinski definition) is 0. The molecule has 0 N–H and O–H groups in total. The molecule has 168 valence electrons. The van der Waals surface area contributed by atoms with E-state index in [1.165, 1.54) is 40.2 Å². The second kappa shape index (κ2) is 9.43. The molecule has 2 aliphatic rings. The average Bonchev–Trinajstić information content (AvgIpc) is 2.97. The number of likely N-dealkylation sites (tertiary alicyclic amines) is 1. The zero-order valence-corrected chi connectivity index (χ0v) is 21.0. The van der Waals surface area contributed by atoms with E-state index in [1.54, 1.807) is 12.1 Å². The standard InChI is InChI=1S/C26H23ClIN3O2/c27-21-3-4-23-19(14-21)1-2-20-15-22(28)16-29-26(20)25(23)18-7-9-30(10-8-18)24(32)13-17-5-11-31(33)12-6-17/h3-6,11-12,14-16H,1-2,7-10,13H2. The minimum atomic E-state index is 0.101. The van der Waals surface area contributed by atoms with Crippen molar-refractivity contribution in [3.63, 3.8) is 0 Å². The van der Waals surface area contributed by atoms with Crippen molar-refractivity contribution in [1.82, 2.24) is 9.88 Å². The van der Waals surface area contributed by atoms with Gasteiger partial charge in [-0.2, -0.15) is 4.73 Å². The van der Waals surface area contributed by atoms with E-state index >= 15 is 0 Å². The Labute approximate surface area is 211 Å². The number of amides is 1. The highest BCUT2D eigenvalue weighted by atomic mass is 127. The molecule has 5 nitrogen and oxygen atoms in total. The number of halogens is 2. The monoisotopic (exact) mass is 571 g/mol. The zero-order valence-electron chi connectivity index (χ0n) is 18.1. The van der Waals surface area contributed by atoms with Gasteiger partial charge in [-0.15, -0.1) is 0 Å². The Balaban J connectivity index is 1.44. The van der Waals surface area contributed by atoms with Crippen LogP contribution in [0.25, 0.3) is 5.57 Å². The normalized spacial score (nSPS) is 15.6. The second-order valence-corrected chi connectivity index (χ2v) is 10.2. The molecule has 0 spiro atoms. The molecule has 0 saturated carbocycles. The highest BCUT2D eigenvalue weighted by Gasteiger charge is 2.27. The van der Waals surface area contributed by atoms with Crippen molar-refractivity contribution >= 4 is 45.7 Å². The molecule has 33 heavy (non-hydrogen) atoms. The highest BCUT2D eigenvalue weighted by Crippen LogP contribution is 2.38. The van der Waals surface area contributed by atoms with Gasteiger partial charge in [0.2, 0.25) is 5.91 Å². The van der Waals surface area contributed by atoms with Crippen LogP contribution >= 0.6 is 34.2 Å². The van der Waals surface area contributed by atoms with E-state index in [2.05, 4.69) is 40.8 Å². The summed E-state index contributed by atoms with van der Waals surface area (Å²) in [7, 11) is 0. The Bertz CT molecular complexity index is 1190. The Kier molecular flexibility index (Phi) is 6.38. The number of carbonyl (C=O) groups is 1. The molecule has 1 fully saturated rings. The number of nitrogens with zero attached hydrogens (tertiary/aromatic N) is 3. The van der Waals surface area contributed by atoms with Crippen molar-refractivity contribution < 1.29 is 9.52 Å². The van der Waals surface area contributed by atoms with Crippen LogP contribution in [0, 0.1) is 8.78 Å². The maximum Gasteiger partial charge on any atom is 0.227 e. The van der Waals surface area contributed by atoms with Gasteiger partial charge in [0.1, 0.15) is 0 Å². The van der Waals surface area contributed by atoms with Crippen molar-refractivity contribution in [3.8, 4) is 0 Å². The highest BCUT2D eigenvalue weighted by molar-refractivity contribution is 14.1. The van der Waals surface area contributed by atoms with Crippen LogP contribution in [0.3, 0.4) is 0 Å². The summed E-state index contributed by atoms with van der Waals surface area (Å²) >= 11 is 8.66. The smallest absolute Gasteiger partial charge is 0.227 e. The van der Waals surface area contributed by atoms with Gasteiger partial charge in [-0.3, -0.25) is 9.78 Å². The summed E-state index contributed by atoms with van der Waals surface area (Å²) in [6, 6.07) is 11.8. The van der Waals surface area contributed by atoms with Crippen molar-refractivity contribution in [3.05, 3.63) is 102 Å². The summed E-state index contributed by atoms with van der Waals surface area (Å²) in [6.45, 7) is 1.38. The van der Waals surface area contributed by atoms with Crippen LogP contribution in [0.4, 0.5) is 0 Å². The lowest BCUT2D eigenvalue weighted by atomic mass is 9.88. The third-order valence-corrected chi connectivity index (χ3v) is 7.30. The first kappa shape index (κ1) is 22.3. The number of aryl methyl sites for hydroxylation is 2. The van der Waals surface area contributed by atoms with Gasteiger partial charge in [0, 0.05) is 45.6 Å². The largest absolute Gasteiger partial charge is 0.619 e. The van der Waals surface area contributed by atoms with E-state index in [-0.39, 0.29) is 5.91 Å². The van der Waals surface area contributed by atoms with Gasteiger partial charge in [0.05, 0.1) is 12.1 Å². The van der Waals surface area contributed by atoms with E-state index in [0.717, 1.165) is 50.3 Å². The number of fused-ring (bicyclic) bond motifs is 2. The predicted octanol–water partition coefficient (Wildman–Crippen LogP) is 4.74. The van der Waals surface area contributed by atoms with Crippen LogP contribution in [-0.2, 0) is 24.1 Å². The van der Waals surface area contributed by atoms with Crippen molar-refractivity contribution in [2.45, 2.75) is 32.1 Å². The topological polar surface area (TPSA) is 60.1 Å². The summed E-state index contributed by atoms with van der Waals surface area (Å²) in [5, 5.41) is 12.0. The molecule has 0 radical (unpaired) electrons. The first-order valence-corrected chi connectivity index (χ1v) is 12.5. The quantitative estimate of drug-likeness (QED) is 0.254. The molecule has 3 heterocycles. The van der Waals surface area contributed by atoms with Gasteiger partial charge >= 0.3 is 0 Å². The molecular weight excluding hydrogens is 549 g/mol. The summed E-state index contributed by atoms with van der Waals surface area (Å²) in [6.07, 6.45) is 8.64. The lowest BCUT2D eigenvalue weighted by Crippen LogP contribution is -2.37. The Morgan fingerprint density at radius 3 is 2.55 bits per heavy atom. The molecule has 3 aromatic rings. The molecule has 1 aromatic carbocycles. The van der Waals surface area contributed by atoms with Crippen LogP contribution < -0.4 is 4.73 Å². The minimum absolute atomic E-state index is 0.101. The predicted molar refractivity (Wildman–Crippen MR) is 137 cm³/mol. The summed E-state index contributed by atoms with van der Waals surface area (Å²) in [5.74, 6) is 0.101. The number of benzene rings is 1. The van der Waals surface area contributed by atoms with Crippen LogP contribution in [-0.4, -0.2) is 28.9 Å². The van der Waals surface area contributed by atoms with Gasteiger partial charge in [-0.25, -0.2) is 0 Å². The lowest BCUT2D eigenvalue weighted by Gasteiger charge is -2.30. The fourth-order valence-corrected chi connectivity index (χ4v) is 5.50. The van der Waals surface area contributed by atoms with Gasteiger partial charge in [0.15, 0.2) is 12.4 Å². The van der Waals surface area contributed by atoms with Gasteiger partial charge in [-0.1, -0.05) is 23.2 Å². The van der Waals surface area contributed by atoms with Crippen LogP contribution in [0.2, 0.25) is 5.02 Å². The van der Waals surface area contributed by atoms with Crippen molar-refractivity contribution in [2.24, 2.45) is 0 Å². The van der Waals surface area contributed by atoms with Crippen molar-refractivity contribution in [2.75, 3.05) is 13.1 Å². The Hall–Kier alpha value is -2.45. The minimum Gasteiger partial charge on any atom is -0.619 e. The number of aromatic nitrogens is 2. The summed E-state index contributed by atoms with van der Waals surface area (Å²) in [4.78, 5) is 19.7. The fraction of sp³-hybridized carbons (Fsp3) is 0.269. The molecule has 0 bridgehead atoms. The molecule has 1 saturated heterocycles. The lowest BCUT2D eigenvalue weighted by molar-refractivity contribution is -0.605. The summed E-state index contributed by atoms with van der Waals surface area (Å²) in [5.41, 5.74) is 8.26. The molecule has 0 atom stereocenters.